The van der Waals surface area contributed by atoms with E-state index in [1.807, 2.05) is 31.2 Å². The molecule has 4 nitrogen and oxygen atoms in total. The minimum Gasteiger partial charge on any atom is -0.389 e. The molecule has 1 fully saturated rings. The van der Waals surface area contributed by atoms with Crippen molar-refractivity contribution < 1.29 is 4.79 Å². The number of nitrogens with zero attached hydrogens (tertiary/aromatic N) is 1. The molecule has 5 heteroatoms. The van der Waals surface area contributed by atoms with E-state index < -0.39 is 0 Å². The van der Waals surface area contributed by atoms with Crippen LogP contribution in [0.5, 0.6) is 0 Å². The Bertz CT molecular complexity index is 532. The van der Waals surface area contributed by atoms with E-state index in [4.69, 9.17) is 18.0 Å². The molecule has 1 heterocycles. The molecular formula is C16H23N3OS. The number of hydrogen-bond donors (Lipinski definition) is 2. The first-order valence-electron chi connectivity index (χ1n) is 7.46. The Balaban J connectivity index is 1.98. The molecule has 3 N–H and O–H groups in total. The Kier molecular flexibility index (Phi) is 5.31. The van der Waals surface area contributed by atoms with Crippen LogP contribution in [0.15, 0.2) is 24.3 Å². The first-order chi connectivity index (χ1) is 10.0. The molecule has 1 saturated heterocycles. The van der Waals surface area contributed by atoms with Crippen LogP contribution in [0, 0.1) is 5.92 Å². The second-order valence-corrected chi connectivity index (χ2v) is 6.11. The number of nitrogens with one attached hydrogen (secondary N) is 1. The average molecular weight is 305 g/mol. The predicted molar refractivity (Wildman–Crippen MR) is 90.4 cm³/mol. The molecule has 1 aromatic carbocycles. The van der Waals surface area contributed by atoms with Crippen molar-refractivity contribution >= 4 is 28.8 Å². The number of carbonyl (C=O) groups excluding carboxylic acids is 1. The smallest absolute Gasteiger partial charge is 0.241 e. The highest BCUT2D eigenvalue weighted by atomic mass is 32.1. The number of hydrogen-bond acceptors (Lipinski definition) is 3. The Morgan fingerprint density at radius 3 is 2.95 bits per heavy atom. The van der Waals surface area contributed by atoms with Crippen LogP contribution in [0.25, 0.3) is 0 Å². The van der Waals surface area contributed by atoms with Crippen LogP contribution in [0.2, 0.25) is 0 Å². The van der Waals surface area contributed by atoms with Crippen molar-refractivity contribution in [1.29, 1.82) is 0 Å². The lowest BCUT2D eigenvalue weighted by Crippen LogP contribution is -2.40. The van der Waals surface area contributed by atoms with Crippen molar-refractivity contribution in [2.45, 2.75) is 32.7 Å². The van der Waals surface area contributed by atoms with Crippen molar-refractivity contribution in [2.24, 2.45) is 11.7 Å². The molecule has 0 aromatic heterocycles. The van der Waals surface area contributed by atoms with Crippen molar-refractivity contribution in [3.63, 3.8) is 0 Å². The molecule has 2 atom stereocenters. The van der Waals surface area contributed by atoms with Crippen LogP contribution in [-0.2, 0) is 4.79 Å². The van der Waals surface area contributed by atoms with E-state index in [1.165, 1.54) is 12.8 Å². The molecule has 21 heavy (non-hydrogen) atoms. The fourth-order valence-corrected chi connectivity index (χ4v) is 2.84. The topological polar surface area (TPSA) is 58.4 Å². The van der Waals surface area contributed by atoms with Gasteiger partial charge in [0.05, 0.1) is 6.04 Å². The van der Waals surface area contributed by atoms with Gasteiger partial charge < -0.3 is 11.1 Å². The summed E-state index contributed by atoms with van der Waals surface area (Å²) in [7, 11) is 0. The SMILES string of the molecule is CCC1CCN(C(C)C(=O)Nc2cccc(C(N)=S)c2)C1. The quantitative estimate of drug-likeness (QED) is 0.820. The maximum Gasteiger partial charge on any atom is 0.241 e. The van der Waals surface area contributed by atoms with Crippen LogP contribution >= 0.6 is 12.2 Å². The molecule has 0 spiro atoms. The Morgan fingerprint density at radius 1 is 1.57 bits per heavy atom. The number of thiocarbonyl (C=S) groups is 1. The van der Waals surface area contributed by atoms with E-state index in [0.29, 0.717) is 4.99 Å². The standard InChI is InChI=1S/C16H23N3OS/c1-3-12-7-8-19(10-12)11(2)16(20)18-14-6-4-5-13(9-14)15(17)21/h4-6,9,11-12H,3,7-8,10H2,1-2H3,(H2,17,21)(H,18,20). The van der Waals surface area contributed by atoms with Gasteiger partial charge >= 0.3 is 0 Å². The molecule has 1 amide bonds. The summed E-state index contributed by atoms with van der Waals surface area (Å²) in [5.41, 5.74) is 7.12. The number of amides is 1. The highest BCUT2D eigenvalue weighted by Crippen LogP contribution is 2.21. The molecule has 1 aromatic rings. The van der Waals surface area contributed by atoms with E-state index in [2.05, 4.69) is 17.1 Å². The van der Waals surface area contributed by atoms with Gasteiger partial charge in [0.15, 0.2) is 0 Å². The van der Waals surface area contributed by atoms with Crippen molar-refractivity contribution in [2.75, 3.05) is 18.4 Å². The lowest BCUT2D eigenvalue weighted by molar-refractivity contribution is -0.120. The van der Waals surface area contributed by atoms with E-state index in [1.54, 1.807) is 0 Å². The van der Waals surface area contributed by atoms with E-state index in [0.717, 1.165) is 30.3 Å². The Labute approximate surface area is 131 Å². The van der Waals surface area contributed by atoms with E-state index >= 15 is 0 Å². The number of anilines is 1. The third-order valence-corrected chi connectivity index (χ3v) is 4.47. The minimum atomic E-state index is -0.116. The largest absolute Gasteiger partial charge is 0.389 e. The van der Waals surface area contributed by atoms with Crippen LogP contribution in [-0.4, -0.2) is 34.9 Å². The zero-order valence-electron chi connectivity index (χ0n) is 12.6. The van der Waals surface area contributed by atoms with Crippen LogP contribution in [0.1, 0.15) is 32.3 Å². The fourth-order valence-electron chi connectivity index (χ4n) is 2.71. The summed E-state index contributed by atoms with van der Waals surface area (Å²) in [6.07, 6.45) is 2.37. The molecule has 2 unspecified atom stereocenters. The number of likely N-dealkylation sites (tertiary alicyclic amines) is 1. The highest BCUT2D eigenvalue weighted by Gasteiger charge is 2.28. The second kappa shape index (κ2) is 7.00. The zero-order chi connectivity index (χ0) is 15.4. The highest BCUT2D eigenvalue weighted by molar-refractivity contribution is 7.80. The molecule has 1 aliphatic rings. The van der Waals surface area contributed by atoms with Crippen molar-refractivity contribution in [1.82, 2.24) is 4.90 Å². The molecule has 0 bridgehead atoms. The summed E-state index contributed by atoms with van der Waals surface area (Å²) < 4.78 is 0. The molecule has 0 radical (unpaired) electrons. The van der Waals surface area contributed by atoms with Gasteiger partial charge in [0.1, 0.15) is 4.99 Å². The van der Waals surface area contributed by atoms with Gasteiger partial charge in [-0.05, 0) is 37.9 Å². The molecule has 0 aliphatic carbocycles. The average Bonchev–Trinajstić information content (AvgIpc) is 2.95. The summed E-state index contributed by atoms with van der Waals surface area (Å²) in [4.78, 5) is 14.9. The first kappa shape index (κ1) is 15.9. The minimum absolute atomic E-state index is 0.0202. The molecule has 2 rings (SSSR count). The van der Waals surface area contributed by atoms with Gasteiger partial charge in [-0.1, -0.05) is 37.7 Å². The number of rotatable bonds is 5. The maximum absolute atomic E-state index is 12.4. The van der Waals surface area contributed by atoms with Crippen LogP contribution in [0.3, 0.4) is 0 Å². The second-order valence-electron chi connectivity index (χ2n) is 5.67. The summed E-state index contributed by atoms with van der Waals surface area (Å²) >= 11 is 4.96. The third-order valence-electron chi connectivity index (χ3n) is 4.24. The first-order valence-corrected chi connectivity index (χ1v) is 7.87. The lowest BCUT2D eigenvalue weighted by atomic mass is 10.1. The van der Waals surface area contributed by atoms with Gasteiger partial charge in [-0.2, -0.15) is 0 Å². The predicted octanol–water partition coefficient (Wildman–Crippen LogP) is 2.38. The monoisotopic (exact) mass is 305 g/mol. The third kappa shape index (κ3) is 4.02. The molecule has 114 valence electrons. The van der Waals surface area contributed by atoms with Gasteiger partial charge in [0, 0.05) is 17.8 Å². The number of carbonyl (C=O) groups is 1. The van der Waals surface area contributed by atoms with Gasteiger partial charge in [0.25, 0.3) is 0 Å². The molecule has 1 aliphatic heterocycles. The van der Waals surface area contributed by atoms with Gasteiger partial charge in [-0.25, -0.2) is 0 Å². The Hall–Kier alpha value is -1.46. The number of benzene rings is 1. The molecular weight excluding hydrogens is 282 g/mol. The van der Waals surface area contributed by atoms with Crippen LogP contribution in [0.4, 0.5) is 5.69 Å². The summed E-state index contributed by atoms with van der Waals surface area (Å²) in [5, 5.41) is 2.95. The summed E-state index contributed by atoms with van der Waals surface area (Å²) in [6, 6.07) is 7.23. The van der Waals surface area contributed by atoms with Crippen LogP contribution < -0.4 is 11.1 Å². The Morgan fingerprint density at radius 2 is 2.33 bits per heavy atom. The lowest BCUT2D eigenvalue weighted by Gasteiger charge is -2.23. The molecule has 0 saturated carbocycles. The van der Waals surface area contributed by atoms with Gasteiger partial charge in [0.2, 0.25) is 5.91 Å². The summed E-state index contributed by atoms with van der Waals surface area (Å²) in [5.74, 6) is 0.741. The van der Waals surface area contributed by atoms with Gasteiger partial charge in [-0.15, -0.1) is 0 Å². The zero-order valence-corrected chi connectivity index (χ0v) is 13.5. The summed E-state index contributed by atoms with van der Waals surface area (Å²) in [6.45, 7) is 6.18. The van der Waals surface area contributed by atoms with Crippen molar-refractivity contribution in [3.8, 4) is 0 Å². The number of nitrogens with two attached hydrogens (primary N) is 1. The van der Waals surface area contributed by atoms with Gasteiger partial charge in [-0.3, -0.25) is 9.69 Å². The maximum atomic E-state index is 12.4. The van der Waals surface area contributed by atoms with E-state index in [9.17, 15) is 4.79 Å². The normalized spacial score (nSPS) is 20.2. The van der Waals surface area contributed by atoms with E-state index in [-0.39, 0.29) is 11.9 Å². The van der Waals surface area contributed by atoms with Crippen molar-refractivity contribution in [3.05, 3.63) is 29.8 Å². The fraction of sp³-hybridized carbons (Fsp3) is 0.500.